The number of amides is 1. The van der Waals surface area contributed by atoms with Crippen molar-refractivity contribution in [1.29, 1.82) is 0 Å². The van der Waals surface area contributed by atoms with Gasteiger partial charge in [-0.2, -0.15) is 5.10 Å². The van der Waals surface area contributed by atoms with Gasteiger partial charge in [0.15, 0.2) is 5.82 Å². The molecule has 100 valence electrons. The molecule has 0 unspecified atom stereocenters. The van der Waals surface area contributed by atoms with Crippen LogP contribution < -0.4 is 15.8 Å². The number of carbonyl (C=O) groups excluding carboxylic acids is 1. The lowest BCUT2D eigenvalue weighted by atomic mass is 10.1. The molecule has 0 aliphatic carbocycles. The highest BCUT2D eigenvalue weighted by Gasteiger charge is 2.10. The molecular weight excluding hydrogens is 244 g/mol. The molecule has 1 heterocycles. The quantitative estimate of drug-likeness (QED) is 0.732. The number of anilines is 2. The lowest BCUT2D eigenvalue weighted by Gasteiger charge is -2.07. The average Bonchev–Trinajstić information content (AvgIpc) is 2.74. The lowest BCUT2D eigenvalue weighted by Crippen LogP contribution is -2.13. The molecule has 0 aliphatic rings. The predicted octanol–water partition coefficient (Wildman–Crippen LogP) is 1.95. The first kappa shape index (κ1) is 12.9. The van der Waals surface area contributed by atoms with Gasteiger partial charge in [-0.15, -0.1) is 0 Å². The van der Waals surface area contributed by atoms with E-state index in [0.29, 0.717) is 29.4 Å². The Kier molecular flexibility index (Phi) is 3.70. The maximum Gasteiger partial charge on any atom is 0.257 e. The molecule has 0 bridgehead atoms. The molecule has 1 amide bonds. The fourth-order valence-electron chi connectivity index (χ4n) is 1.67. The van der Waals surface area contributed by atoms with Gasteiger partial charge in [0, 0.05) is 29.1 Å². The van der Waals surface area contributed by atoms with E-state index in [0.717, 1.165) is 5.69 Å². The van der Waals surface area contributed by atoms with Gasteiger partial charge in [-0.25, -0.2) is 0 Å². The standard InChI is InChI=1S/C13H16N4O2/c1-3-19-11-6-9(5-10(14)7-11)13(18)15-12-4-8(2)16-17-12/h4-7H,3,14H2,1-2H3,(H2,15,16,17,18). The van der Waals surface area contributed by atoms with Crippen LogP contribution in [0.2, 0.25) is 0 Å². The second kappa shape index (κ2) is 5.43. The van der Waals surface area contributed by atoms with Crippen LogP contribution in [0.25, 0.3) is 0 Å². The first-order valence-electron chi connectivity index (χ1n) is 5.95. The van der Waals surface area contributed by atoms with E-state index in [4.69, 9.17) is 10.5 Å². The molecule has 2 aromatic rings. The molecule has 0 aliphatic heterocycles. The number of hydrogen-bond donors (Lipinski definition) is 3. The summed E-state index contributed by atoms with van der Waals surface area (Å²) >= 11 is 0. The van der Waals surface area contributed by atoms with E-state index in [-0.39, 0.29) is 5.91 Å². The van der Waals surface area contributed by atoms with E-state index in [1.807, 2.05) is 13.8 Å². The van der Waals surface area contributed by atoms with Crippen LogP contribution in [0, 0.1) is 6.92 Å². The third-order valence-corrected chi connectivity index (χ3v) is 2.45. The minimum Gasteiger partial charge on any atom is -0.494 e. The van der Waals surface area contributed by atoms with Gasteiger partial charge in [0.2, 0.25) is 0 Å². The van der Waals surface area contributed by atoms with Gasteiger partial charge in [-0.3, -0.25) is 9.89 Å². The first-order chi connectivity index (χ1) is 9.08. The fraction of sp³-hybridized carbons (Fsp3) is 0.231. The molecule has 0 saturated heterocycles. The molecule has 0 radical (unpaired) electrons. The average molecular weight is 260 g/mol. The first-order valence-corrected chi connectivity index (χ1v) is 5.95. The van der Waals surface area contributed by atoms with Gasteiger partial charge in [0.1, 0.15) is 5.75 Å². The third-order valence-electron chi connectivity index (χ3n) is 2.45. The third kappa shape index (κ3) is 3.25. The Morgan fingerprint density at radius 3 is 2.84 bits per heavy atom. The number of benzene rings is 1. The molecule has 4 N–H and O–H groups in total. The highest BCUT2D eigenvalue weighted by molar-refractivity contribution is 6.04. The van der Waals surface area contributed by atoms with Crippen LogP contribution in [0.15, 0.2) is 24.3 Å². The van der Waals surface area contributed by atoms with Gasteiger partial charge >= 0.3 is 0 Å². The topological polar surface area (TPSA) is 93.0 Å². The number of aryl methyl sites for hydroxylation is 1. The van der Waals surface area contributed by atoms with Gasteiger partial charge in [-0.05, 0) is 26.0 Å². The summed E-state index contributed by atoms with van der Waals surface area (Å²) in [4.78, 5) is 12.1. The second-order valence-corrected chi connectivity index (χ2v) is 4.11. The normalized spacial score (nSPS) is 10.2. The van der Waals surface area contributed by atoms with E-state index in [9.17, 15) is 4.79 Å². The molecule has 0 atom stereocenters. The molecule has 1 aromatic heterocycles. The van der Waals surface area contributed by atoms with Crippen molar-refractivity contribution in [2.24, 2.45) is 0 Å². The van der Waals surface area contributed by atoms with Crippen LogP contribution in [0.3, 0.4) is 0 Å². The number of H-pyrrole nitrogens is 1. The van der Waals surface area contributed by atoms with Crippen molar-refractivity contribution >= 4 is 17.4 Å². The van der Waals surface area contributed by atoms with Crippen molar-refractivity contribution in [1.82, 2.24) is 10.2 Å². The van der Waals surface area contributed by atoms with Crippen molar-refractivity contribution < 1.29 is 9.53 Å². The highest BCUT2D eigenvalue weighted by atomic mass is 16.5. The highest BCUT2D eigenvalue weighted by Crippen LogP contribution is 2.19. The van der Waals surface area contributed by atoms with Crippen molar-refractivity contribution in [3.05, 3.63) is 35.5 Å². The van der Waals surface area contributed by atoms with Gasteiger partial charge in [0.25, 0.3) is 5.91 Å². The second-order valence-electron chi connectivity index (χ2n) is 4.11. The number of rotatable bonds is 4. The Morgan fingerprint density at radius 1 is 1.42 bits per heavy atom. The van der Waals surface area contributed by atoms with Gasteiger partial charge < -0.3 is 15.8 Å². The maximum absolute atomic E-state index is 12.1. The fourth-order valence-corrected chi connectivity index (χ4v) is 1.67. The SMILES string of the molecule is CCOc1cc(N)cc(C(=O)Nc2cc(C)[nH]n2)c1. The van der Waals surface area contributed by atoms with Crippen LogP contribution >= 0.6 is 0 Å². The van der Waals surface area contributed by atoms with E-state index in [1.165, 1.54) is 0 Å². The van der Waals surface area contributed by atoms with Crippen LogP contribution in [0.1, 0.15) is 23.0 Å². The van der Waals surface area contributed by atoms with Crippen molar-refractivity contribution in [3.8, 4) is 5.75 Å². The van der Waals surface area contributed by atoms with Crippen molar-refractivity contribution in [2.75, 3.05) is 17.7 Å². The zero-order chi connectivity index (χ0) is 13.8. The molecule has 0 saturated carbocycles. The Labute approximate surface area is 111 Å². The van der Waals surface area contributed by atoms with Gasteiger partial charge in [0.05, 0.1) is 6.61 Å². The summed E-state index contributed by atoms with van der Waals surface area (Å²) in [7, 11) is 0. The van der Waals surface area contributed by atoms with Crippen LogP contribution in [0.4, 0.5) is 11.5 Å². The van der Waals surface area contributed by atoms with Crippen LogP contribution in [0.5, 0.6) is 5.75 Å². The molecule has 6 heteroatoms. The number of nitrogen functional groups attached to an aromatic ring is 1. The predicted molar refractivity (Wildman–Crippen MR) is 73.3 cm³/mol. The maximum atomic E-state index is 12.1. The summed E-state index contributed by atoms with van der Waals surface area (Å²) in [5, 5.41) is 9.38. The van der Waals surface area contributed by atoms with Gasteiger partial charge in [-0.1, -0.05) is 0 Å². The van der Waals surface area contributed by atoms with Crippen molar-refractivity contribution in [3.63, 3.8) is 0 Å². The zero-order valence-electron chi connectivity index (χ0n) is 10.9. The van der Waals surface area contributed by atoms with Crippen LogP contribution in [-0.2, 0) is 0 Å². The summed E-state index contributed by atoms with van der Waals surface area (Å²) in [5.74, 6) is 0.772. The number of aromatic amines is 1. The summed E-state index contributed by atoms with van der Waals surface area (Å²) < 4.78 is 5.35. The van der Waals surface area contributed by atoms with E-state index in [2.05, 4.69) is 15.5 Å². The minimum absolute atomic E-state index is 0.278. The number of hydrogen-bond acceptors (Lipinski definition) is 4. The molecule has 0 spiro atoms. The summed E-state index contributed by atoms with van der Waals surface area (Å²) in [5.41, 5.74) is 7.53. The number of carbonyl (C=O) groups is 1. The molecule has 0 fully saturated rings. The number of nitrogens with two attached hydrogens (primary N) is 1. The number of nitrogens with one attached hydrogen (secondary N) is 2. The summed E-state index contributed by atoms with van der Waals surface area (Å²) in [6.07, 6.45) is 0. The zero-order valence-corrected chi connectivity index (χ0v) is 10.9. The number of nitrogens with zero attached hydrogens (tertiary/aromatic N) is 1. The summed E-state index contributed by atoms with van der Waals surface area (Å²) in [6, 6.07) is 6.67. The van der Waals surface area contributed by atoms with E-state index >= 15 is 0 Å². The lowest BCUT2D eigenvalue weighted by molar-refractivity contribution is 0.102. The molecule has 19 heavy (non-hydrogen) atoms. The van der Waals surface area contributed by atoms with E-state index < -0.39 is 0 Å². The molecular formula is C13H16N4O2. The Balaban J connectivity index is 2.18. The number of aromatic nitrogens is 2. The number of ether oxygens (including phenoxy) is 1. The van der Waals surface area contributed by atoms with E-state index in [1.54, 1.807) is 24.3 Å². The Morgan fingerprint density at radius 2 is 2.21 bits per heavy atom. The smallest absolute Gasteiger partial charge is 0.257 e. The Hall–Kier alpha value is -2.50. The minimum atomic E-state index is -0.278. The van der Waals surface area contributed by atoms with Crippen LogP contribution in [-0.4, -0.2) is 22.7 Å². The molecule has 1 aromatic carbocycles. The molecule has 6 nitrogen and oxygen atoms in total. The molecule has 2 rings (SSSR count). The van der Waals surface area contributed by atoms with Crippen molar-refractivity contribution in [2.45, 2.75) is 13.8 Å². The Bertz CT molecular complexity index is 592. The monoisotopic (exact) mass is 260 g/mol. The summed E-state index contributed by atoms with van der Waals surface area (Å²) in [6.45, 7) is 4.24. The largest absolute Gasteiger partial charge is 0.494 e.